The van der Waals surface area contributed by atoms with E-state index in [2.05, 4.69) is 19.2 Å². The molecule has 4 nitrogen and oxygen atoms in total. The number of carbonyl (C=O) groups excluding carboxylic acids is 1. The van der Waals surface area contributed by atoms with Crippen molar-refractivity contribution in [2.75, 3.05) is 31.0 Å². The lowest BCUT2D eigenvalue weighted by Crippen LogP contribution is -2.15. The van der Waals surface area contributed by atoms with Crippen molar-refractivity contribution in [3.63, 3.8) is 0 Å². The third kappa shape index (κ3) is 5.87. The van der Waals surface area contributed by atoms with Gasteiger partial charge in [0, 0.05) is 23.9 Å². The maximum absolute atomic E-state index is 11.8. The van der Waals surface area contributed by atoms with Gasteiger partial charge in [0.05, 0.1) is 20.0 Å². The van der Waals surface area contributed by atoms with E-state index in [1.807, 2.05) is 0 Å². The average Bonchev–Trinajstić information content (AvgIpc) is 2.37. The van der Waals surface area contributed by atoms with Crippen LogP contribution in [0.3, 0.4) is 0 Å². The molecule has 0 saturated heterocycles. The van der Waals surface area contributed by atoms with E-state index in [1.165, 1.54) is 0 Å². The number of amides is 1. The number of thioether (sulfide) groups is 1. The molecule has 1 N–H and O–H groups in total. The molecule has 0 spiro atoms. The average molecular weight is 283 g/mol. The van der Waals surface area contributed by atoms with Crippen LogP contribution in [0, 0.1) is 5.92 Å². The first kappa shape index (κ1) is 15.7. The fraction of sp³-hybridized carbons (Fsp3) is 0.500. The molecule has 0 fully saturated rings. The third-order valence-electron chi connectivity index (χ3n) is 2.32. The summed E-state index contributed by atoms with van der Waals surface area (Å²) in [6, 6.07) is 5.31. The molecule has 0 unspecified atom stereocenters. The van der Waals surface area contributed by atoms with Crippen LogP contribution in [-0.2, 0) is 4.79 Å². The van der Waals surface area contributed by atoms with E-state index in [9.17, 15) is 4.79 Å². The Morgan fingerprint density at radius 1 is 1.21 bits per heavy atom. The molecule has 0 aromatic heterocycles. The Balaban J connectivity index is 2.58. The first-order valence-electron chi connectivity index (χ1n) is 6.15. The monoisotopic (exact) mass is 283 g/mol. The highest BCUT2D eigenvalue weighted by Crippen LogP contribution is 2.25. The number of ether oxygens (including phenoxy) is 2. The van der Waals surface area contributed by atoms with Gasteiger partial charge in [-0.05, 0) is 11.7 Å². The predicted molar refractivity (Wildman–Crippen MR) is 80.3 cm³/mol. The van der Waals surface area contributed by atoms with E-state index >= 15 is 0 Å². The smallest absolute Gasteiger partial charge is 0.234 e. The minimum Gasteiger partial charge on any atom is -0.497 e. The summed E-state index contributed by atoms with van der Waals surface area (Å²) in [6.45, 7) is 4.27. The molecule has 0 atom stereocenters. The van der Waals surface area contributed by atoms with Crippen LogP contribution in [0.15, 0.2) is 18.2 Å². The van der Waals surface area contributed by atoms with E-state index < -0.39 is 0 Å². The quantitative estimate of drug-likeness (QED) is 0.835. The minimum atomic E-state index is -0.0130. The summed E-state index contributed by atoms with van der Waals surface area (Å²) in [5.74, 6) is 3.33. The molecular weight excluding hydrogens is 262 g/mol. The number of methoxy groups -OCH3 is 2. The van der Waals surface area contributed by atoms with Crippen LogP contribution >= 0.6 is 11.8 Å². The Hall–Kier alpha value is -1.36. The van der Waals surface area contributed by atoms with E-state index in [0.717, 1.165) is 5.75 Å². The van der Waals surface area contributed by atoms with Crippen molar-refractivity contribution < 1.29 is 14.3 Å². The molecule has 19 heavy (non-hydrogen) atoms. The van der Waals surface area contributed by atoms with Gasteiger partial charge < -0.3 is 14.8 Å². The largest absolute Gasteiger partial charge is 0.497 e. The molecule has 5 heteroatoms. The van der Waals surface area contributed by atoms with Gasteiger partial charge in [0.25, 0.3) is 0 Å². The van der Waals surface area contributed by atoms with Crippen molar-refractivity contribution in [1.29, 1.82) is 0 Å². The predicted octanol–water partition coefficient (Wildman–Crippen LogP) is 3.03. The van der Waals surface area contributed by atoms with Crippen LogP contribution in [0.5, 0.6) is 11.5 Å². The maximum atomic E-state index is 11.8. The standard InChI is InChI=1S/C14H21NO3S/c1-10(2)8-19-9-14(16)15-11-5-12(17-3)7-13(6-11)18-4/h5-7,10H,8-9H2,1-4H3,(H,15,16). The fourth-order valence-electron chi connectivity index (χ4n) is 1.46. The van der Waals surface area contributed by atoms with E-state index in [1.54, 1.807) is 44.2 Å². The summed E-state index contributed by atoms with van der Waals surface area (Å²) in [5, 5.41) is 2.85. The number of hydrogen-bond donors (Lipinski definition) is 1. The second kappa shape index (κ2) is 7.94. The Morgan fingerprint density at radius 2 is 1.79 bits per heavy atom. The van der Waals surface area contributed by atoms with Gasteiger partial charge in [0.15, 0.2) is 0 Å². The van der Waals surface area contributed by atoms with Crippen LogP contribution in [0.4, 0.5) is 5.69 Å². The SMILES string of the molecule is COc1cc(NC(=O)CSCC(C)C)cc(OC)c1. The van der Waals surface area contributed by atoms with Gasteiger partial charge in [-0.2, -0.15) is 11.8 Å². The lowest BCUT2D eigenvalue weighted by atomic mass is 10.2. The molecule has 0 saturated carbocycles. The molecule has 106 valence electrons. The van der Waals surface area contributed by atoms with Crippen molar-refractivity contribution in [2.45, 2.75) is 13.8 Å². The summed E-state index contributed by atoms with van der Waals surface area (Å²) in [6.07, 6.45) is 0. The number of anilines is 1. The number of nitrogens with one attached hydrogen (secondary N) is 1. The summed E-state index contributed by atoms with van der Waals surface area (Å²) in [7, 11) is 3.16. The molecule has 0 aliphatic heterocycles. The summed E-state index contributed by atoms with van der Waals surface area (Å²) in [5.41, 5.74) is 0.686. The highest BCUT2D eigenvalue weighted by Gasteiger charge is 2.06. The highest BCUT2D eigenvalue weighted by molar-refractivity contribution is 7.99. The molecule has 0 heterocycles. The second-order valence-corrected chi connectivity index (χ2v) is 5.59. The molecule has 0 aliphatic rings. The Labute approximate surface area is 118 Å². The van der Waals surface area contributed by atoms with Crippen molar-refractivity contribution in [2.24, 2.45) is 5.92 Å². The van der Waals surface area contributed by atoms with Crippen LogP contribution in [-0.4, -0.2) is 31.6 Å². The molecule has 1 aromatic carbocycles. The number of benzene rings is 1. The molecule has 0 aliphatic carbocycles. The van der Waals surface area contributed by atoms with E-state index in [4.69, 9.17) is 9.47 Å². The molecule has 1 rings (SSSR count). The zero-order chi connectivity index (χ0) is 14.3. The van der Waals surface area contributed by atoms with Gasteiger partial charge in [-0.15, -0.1) is 0 Å². The van der Waals surface area contributed by atoms with Gasteiger partial charge in [-0.25, -0.2) is 0 Å². The maximum Gasteiger partial charge on any atom is 0.234 e. The van der Waals surface area contributed by atoms with E-state index in [0.29, 0.717) is 28.9 Å². The lowest BCUT2D eigenvalue weighted by Gasteiger charge is -2.10. The topological polar surface area (TPSA) is 47.6 Å². The molecular formula is C14H21NO3S. The normalized spacial score (nSPS) is 10.4. The summed E-state index contributed by atoms with van der Waals surface area (Å²) in [4.78, 5) is 11.8. The molecule has 0 radical (unpaired) electrons. The first-order chi connectivity index (χ1) is 9.05. The van der Waals surface area contributed by atoms with Crippen molar-refractivity contribution >= 4 is 23.4 Å². The van der Waals surface area contributed by atoms with Gasteiger partial charge in [0.2, 0.25) is 5.91 Å². The molecule has 1 aromatic rings. The van der Waals surface area contributed by atoms with Crippen LogP contribution in [0.2, 0.25) is 0 Å². The zero-order valence-corrected chi connectivity index (χ0v) is 12.7. The zero-order valence-electron chi connectivity index (χ0n) is 11.9. The molecule has 1 amide bonds. The van der Waals surface area contributed by atoms with E-state index in [-0.39, 0.29) is 5.91 Å². The number of rotatable bonds is 7. The van der Waals surface area contributed by atoms with Crippen molar-refractivity contribution in [3.05, 3.63) is 18.2 Å². The van der Waals surface area contributed by atoms with Gasteiger partial charge in [0.1, 0.15) is 11.5 Å². The number of carbonyl (C=O) groups is 1. The first-order valence-corrected chi connectivity index (χ1v) is 7.31. The van der Waals surface area contributed by atoms with Gasteiger partial charge in [-0.1, -0.05) is 13.8 Å². The number of hydrogen-bond acceptors (Lipinski definition) is 4. The molecule has 0 bridgehead atoms. The van der Waals surface area contributed by atoms with Crippen LogP contribution in [0.1, 0.15) is 13.8 Å². The second-order valence-electron chi connectivity index (χ2n) is 4.56. The fourth-order valence-corrected chi connectivity index (χ4v) is 2.31. The summed E-state index contributed by atoms with van der Waals surface area (Å²) < 4.78 is 10.3. The lowest BCUT2D eigenvalue weighted by molar-refractivity contribution is -0.113. The van der Waals surface area contributed by atoms with Gasteiger partial charge in [-0.3, -0.25) is 4.79 Å². The third-order valence-corrected chi connectivity index (χ3v) is 3.69. The van der Waals surface area contributed by atoms with Crippen molar-refractivity contribution in [3.8, 4) is 11.5 Å². The highest BCUT2D eigenvalue weighted by atomic mass is 32.2. The Morgan fingerprint density at radius 3 is 2.26 bits per heavy atom. The van der Waals surface area contributed by atoms with Crippen LogP contribution < -0.4 is 14.8 Å². The Bertz CT molecular complexity index is 399. The van der Waals surface area contributed by atoms with Crippen molar-refractivity contribution in [1.82, 2.24) is 0 Å². The van der Waals surface area contributed by atoms with Gasteiger partial charge >= 0.3 is 0 Å². The minimum absolute atomic E-state index is 0.0130. The summed E-state index contributed by atoms with van der Waals surface area (Å²) >= 11 is 1.63. The Kier molecular flexibility index (Phi) is 6.56. The van der Waals surface area contributed by atoms with Crippen LogP contribution in [0.25, 0.3) is 0 Å².